The van der Waals surface area contributed by atoms with Crippen molar-refractivity contribution in [1.29, 1.82) is 0 Å². The zero-order valence-corrected chi connectivity index (χ0v) is 16.3. The van der Waals surface area contributed by atoms with Crippen molar-refractivity contribution in [3.05, 3.63) is 23.8 Å². The van der Waals surface area contributed by atoms with Gasteiger partial charge < -0.3 is 29.7 Å². The highest BCUT2D eigenvalue weighted by Gasteiger charge is 2.06. The fourth-order valence-electron chi connectivity index (χ4n) is 2.10. The lowest BCUT2D eigenvalue weighted by Gasteiger charge is -2.14. The van der Waals surface area contributed by atoms with Gasteiger partial charge in [-0.1, -0.05) is 6.07 Å². The smallest absolute Gasteiger partial charge is 0.243 e. The first-order valence-electron chi connectivity index (χ1n) is 8.44. The highest BCUT2D eigenvalue weighted by Crippen LogP contribution is 2.27. The average Bonchev–Trinajstić information content (AvgIpc) is 2.65. The van der Waals surface area contributed by atoms with Gasteiger partial charge in [0.15, 0.2) is 17.5 Å². The lowest BCUT2D eigenvalue weighted by Crippen LogP contribution is -2.40. The Hall–Kier alpha value is -2.48. The van der Waals surface area contributed by atoms with Gasteiger partial charge in [-0.2, -0.15) is 0 Å². The predicted octanol–water partition coefficient (Wildman–Crippen LogP) is 0.516. The van der Waals surface area contributed by atoms with E-state index in [1.54, 1.807) is 35.4 Å². The molecule has 0 aliphatic heterocycles. The van der Waals surface area contributed by atoms with Gasteiger partial charge in [-0.3, -0.25) is 4.79 Å². The van der Waals surface area contributed by atoms with E-state index in [-0.39, 0.29) is 12.5 Å². The molecule has 2 N–H and O–H groups in total. The number of nitrogens with zero attached hydrogens (tertiary/aromatic N) is 2. The minimum absolute atomic E-state index is 0.0577. The number of aliphatic imine (C=N–C) groups is 1. The average molecular weight is 366 g/mol. The fraction of sp³-hybridized carbons (Fsp3) is 0.556. The molecule has 0 spiro atoms. The number of carbonyl (C=O) groups is 1. The van der Waals surface area contributed by atoms with Crippen molar-refractivity contribution in [3.63, 3.8) is 0 Å². The number of nitrogens with one attached hydrogen (secondary N) is 2. The first-order valence-corrected chi connectivity index (χ1v) is 8.44. The van der Waals surface area contributed by atoms with Crippen molar-refractivity contribution in [2.75, 3.05) is 61.7 Å². The van der Waals surface area contributed by atoms with Gasteiger partial charge >= 0.3 is 0 Å². The molecule has 0 saturated carbocycles. The van der Waals surface area contributed by atoms with Crippen molar-refractivity contribution >= 4 is 11.9 Å². The van der Waals surface area contributed by atoms with E-state index in [1.807, 2.05) is 18.2 Å². The van der Waals surface area contributed by atoms with Crippen molar-refractivity contribution in [1.82, 2.24) is 15.5 Å². The van der Waals surface area contributed by atoms with Crippen LogP contribution in [0.2, 0.25) is 0 Å². The van der Waals surface area contributed by atoms with Gasteiger partial charge in [0, 0.05) is 34.3 Å². The van der Waals surface area contributed by atoms with Crippen LogP contribution < -0.4 is 20.1 Å². The Morgan fingerprint density at radius 2 is 1.77 bits per heavy atom. The van der Waals surface area contributed by atoms with Crippen LogP contribution in [0.25, 0.3) is 0 Å². The summed E-state index contributed by atoms with van der Waals surface area (Å²) in [6.45, 7) is 1.91. The van der Waals surface area contributed by atoms with Crippen LogP contribution in [0.15, 0.2) is 23.2 Å². The van der Waals surface area contributed by atoms with E-state index >= 15 is 0 Å². The summed E-state index contributed by atoms with van der Waals surface area (Å²) in [5.74, 6) is 1.93. The summed E-state index contributed by atoms with van der Waals surface area (Å²) in [6, 6.07) is 5.83. The number of amides is 1. The maximum absolute atomic E-state index is 11.7. The Morgan fingerprint density at radius 3 is 2.38 bits per heavy atom. The summed E-state index contributed by atoms with van der Waals surface area (Å²) in [6.07, 6.45) is 0.771. The molecular weight excluding hydrogens is 336 g/mol. The summed E-state index contributed by atoms with van der Waals surface area (Å²) < 4.78 is 15.6. The minimum atomic E-state index is -0.0577. The fourth-order valence-corrected chi connectivity index (χ4v) is 2.10. The van der Waals surface area contributed by atoms with Crippen LogP contribution >= 0.6 is 0 Å². The molecule has 0 aliphatic carbocycles. The van der Waals surface area contributed by atoms with Gasteiger partial charge in [0.2, 0.25) is 5.91 Å². The summed E-state index contributed by atoms with van der Waals surface area (Å²) >= 11 is 0. The largest absolute Gasteiger partial charge is 0.493 e. The van der Waals surface area contributed by atoms with E-state index in [9.17, 15) is 4.79 Å². The molecule has 1 amide bonds. The van der Waals surface area contributed by atoms with E-state index in [4.69, 9.17) is 14.2 Å². The first kappa shape index (κ1) is 21.6. The van der Waals surface area contributed by atoms with Gasteiger partial charge in [0.25, 0.3) is 0 Å². The molecule has 1 aromatic carbocycles. The predicted molar refractivity (Wildman–Crippen MR) is 102 cm³/mol. The van der Waals surface area contributed by atoms with Gasteiger partial charge in [0.05, 0.1) is 20.8 Å². The van der Waals surface area contributed by atoms with Crippen LogP contribution in [0.5, 0.6) is 11.5 Å². The molecule has 26 heavy (non-hydrogen) atoms. The third-order valence-electron chi connectivity index (χ3n) is 3.62. The molecule has 0 bridgehead atoms. The number of benzene rings is 1. The molecular formula is C18H30N4O4. The number of ether oxygens (including phenoxy) is 3. The summed E-state index contributed by atoms with van der Waals surface area (Å²) in [5.41, 5.74) is 1.11. The Labute approximate surface area is 155 Å². The van der Waals surface area contributed by atoms with Crippen LogP contribution in [0.1, 0.15) is 5.56 Å². The number of carbonyl (C=O) groups excluding carboxylic acids is 1. The molecule has 8 nitrogen and oxygen atoms in total. The highest BCUT2D eigenvalue weighted by atomic mass is 16.5. The standard InChI is InChI=1S/C18H30N4O4/c1-22(2)17(23)13-21-18(20-10-11-24-3)19-9-8-14-6-7-15(25-4)16(12-14)26-5/h6-7,12H,8-11,13H2,1-5H3,(H2,19,20,21). The Balaban J connectivity index is 2.61. The quantitative estimate of drug-likeness (QED) is 0.357. The lowest BCUT2D eigenvalue weighted by molar-refractivity contribution is -0.127. The zero-order valence-electron chi connectivity index (χ0n) is 16.3. The molecule has 0 saturated heterocycles. The Morgan fingerprint density at radius 1 is 1.08 bits per heavy atom. The topological polar surface area (TPSA) is 84.4 Å². The summed E-state index contributed by atoms with van der Waals surface area (Å²) in [5, 5.41) is 6.37. The molecule has 1 rings (SSSR count). The van der Waals surface area contributed by atoms with Gasteiger partial charge in [-0.05, 0) is 24.1 Å². The van der Waals surface area contributed by atoms with E-state index in [0.717, 1.165) is 12.0 Å². The SMILES string of the molecule is COCCNC(=NCC(=O)N(C)C)NCCc1ccc(OC)c(OC)c1. The molecule has 0 heterocycles. The van der Waals surface area contributed by atoms with Gasteiger partial charge in [0.1, 0.15) is 6.54 Å². The third-order valence-corrected chi connectivity index (χ3v) is 3.62. The number of likely N-dealkylation sites (N-methyl/N-ethyl adjacent to an activating group) is 1. The van der Waals surface area contributed by atoms with Crippen LogP contribution in [0, 0.1) is 0 Å². The lowest BCUT2D eigenvalue weighted by atomic mass is 10.1. The Kier molecular flexibility index (Phi) is 9.93. The van der Waals surface area contributed by atoms with Crippen molar-refractivity contribution in [2.24, 2.45) is 4.99 Å². The summed E-state index contributed by atoms with van der Waals surface area (Å²) in [4.78, 5) is 17.5. The number of methoxy groups -OCH3 is 3. The van der Waals surface area contributed by atoms with Crippen LogP contribution in [-0.4, -0.2) is 78.4 Å². The third kappa shape index (κ3) is 7.60. The van der Waals surface area contributed by atoms with Gasteiger partial charge in [-0.25, -0.2) is 4.99 Å². The molecule has 1 aromatic rings. The molecule has 146 valence electrons. The van der Waals surface area contributed by atoms with Crippen LogP contribution in [-0.2, 0) is 16.0 Å². The molecule has 0 radical (unpaired) electrons. The maximum Gasteiger partial charge on any atom is 0.243 e. The molecule has 0 fully saturated rings. The molecule has 0 aromatic heterocycles. The molecule has 8 heteroatoms. The second-order valence-corrected chi connectivity index (χ2v) is 5.74. The van der Waals surface area contributed by atoms with E-state index < -0.39 is 0 Å². The number of hydrogen-bond donors (Lipinski definition) is 2. The van der Waals surface area contributed by atoms with Crippen molar-refractivity contribution < 1.29 is 19.0 Å². The summed E-state index contributed by atoms with van der Waals surface area (Å²) in [7, 11) is 8.29. The number of rotatable bonds is 10. The molecule has 0 aliphatic rings. The maximum atomic E-state index is 11.7. The zero-order chi connectivity index (χ0) is 19.4. The van der Waals surface area contributed by atoms with E-state index in [2.05, 4.69) is 15.6 Å². The minimum Gasteiger partial charge on any atom is -0.493 e. The van der Waals surface area contributed by atoms with Crippen LogP contribution in [0.3, 0.4) is 0 Å². The second-order valence-electron chi connectivity index (χ2n) is 5.74. The van der Waals surface area contributed by atoms with Crippen molar-refractivity contribution in [2.45, 2.75) is 6.42 Å². The monoisotopic (exact) mass is 366 g/mol. The Bertz CT molecular complexity index is 591. The number of guanidine groups is 1. The van der Waals surface area contributed by atoms with Crippen LogP contribution in [0.4, 0.5) is 0 Å². The van der Waals surface area contributed by atoms with Gasteiger partial charge in [-0.15, -0.1) is 0 Å². The van der Waals surface area contributed by atoms with Crippen molar-refractivity contribution in [3.8, 4) is 11.5 Å². The van der Waals surface area contributed by atoms with E-state index in [1.165, 1.54) is 4.90 Å². The molecule has 0 atom stereocenters. The second kappa shape index (κ2) is 12.0. The number of hydrogen-bond acceptors (Lipinski definition) is 5. The highest BCUT2D eigenvalue weighted by molar-refractivity contribution is 5.84. The normalized spacial score (nSPS) is 11.0. The first-order chi connectivity index (χ1) is 12.5. The van der Waals surface area contributed by atoms with E-state index in [0.29, 0.717) is 37.2 Å². The molecule has 0 unspecified atom stereocenters.